The summed E-state index contributed by atoms with van der Waals surface area (Å²) in [6, 6.07) is 0.379. The van der Waals surface area contributed by atoms with Gasteiger partial charge in [-0.25, -0.2) is 8.42 Å². The van der Waals surface area contributed by atoms with Gasteiger partial charge < -0.3 is 15.5 Å². The molecule has 2 N–H and O–H groups in total. The molecule has 0 radical (unpaired) electrons. The Labute approximate surface area is 110 Å². The van der Waals surface area contributed by atoms with Crippen molar-refractivity contribution in [3.8, 4) is 0 Å². The standard InChI is InChI=1S/C12H25N3O2S/c13-12-2-5-15(6-3-12)8-7-14-4-1-10-18(16,17)11-9-14/h12H,1-11,13H2. The van der Waals surface area contributed by atoms with E-state index in [1.54, 1.807) is 0 Å². The van der Waals surface area contributed by atoms with Crippen LogP contribution in [0, 0.1) is 0 Å². The van der Waals surface area contributed by atoms with Crippen LogP contribution in [0.2, 0.25) is 0 Å². The number of likely N-dealkylation sites (tertiary alicyclic amines) is 1. The minimum absolute atomic E-state index is 0.331. The molecule has 6 heteroatoms. The largest absolute Gasteiger partial charge is 0.328 e. The molecule has 2 aliphatic heterocycles. The van der Waals surface area contributed by atoms with Gasteiger partial charge in [-0.3, -0.25) is 0 Å². The molecule has 0 atom stereocenters. The number of nitrogens with zero attached hydrogens (tertiary/aromatic N) is 2. The molecule has 0 amide bonds. The molecular formula is C12H25N3O2S. The molecular weight excluding hydrogens is 250 g/mol. The van der Waals surface area contributed by atoms with E-state index >= 15 is 0 Å². The Morgan fingerprint density at radius 3 is 2.22 bits per heavy atom. The van der Waals surface area contributed by atoms with Gasteiger partial charge in [0.1, 0.15) is 0 Å². The van der Waals surface area contributed by atoms with Gasteiger partial charge >= 0.3 is 0 Å². The number of rotatable bonds is 3. The Bertz CT molecular complexity index is 350. The maximum absolute atomic E-state index is 11.5. The van der Waals surface area contributed by atoms with Crippen LogP contribution in [-0.4, -0.2) is 75.0 Å². The second-order valence-electron chi connectivity index (χ2n) is 5.53. The predicted molar refractivity (Wildman–Crippen MR) is 73.4 cm³/mol. The van der Waals surface area contributed by atoms with E-state index in [1.807, 2.05) is 0 Å². The van der Waals surface area contributed by atoms with Crippen LogP contribution in [0.3, 0.4) is 0 Å². The lowest BCUT2D eigenvalue weighted by molar-refractivity contribution is 0.178. The molecule has 2 rings (SSSR count). The lowest BCUT2D eigenvalue weighted by Crippen LogP contribution is -2.43. The summed E-state index contributed by atoms with van der Waals surface area (Å²) in [7, 11) is -2.77. The Kier molecular flexibility index (Phi) is 5.00. The van der Waals surface area contributed by atoms with Crippen molar-refractivity contribution in [2.75, 3.05) is 50.8 Å². The summed E-state index contributed by atoms with van der Waals surface area (Å²) in [6.07, 6.45) is 2.97. The van der Waals surface area contributed by atoms with Gasteiger partial charge in [0, 0.05) is 25.7 Å². The molecule has 5 nitrogen and oxygen atoms in total. The summed E-state index contributed by atoms with van der Waals surface area (Å²) in [6.45, 7) is 5.85. The van der Waals surface area contributed by atoms with E-state index < -0.39 is 9.84 Å². The summed E-state index contributed by atoms with van der Waals surface area (Å²) in [5, 5.41) is 0. The lowest BCUT2D eigenvalue weighted by atomic mass is 10.1. The van der Waals surface area contributed by atoms with Gasteiger partial charge in [0.2, 0.25) is 0 Å². The molecule has 2 fully saturated rings. The molecule has 0 aromatic carbocycles. The summed E-state index contributed by atoms with van der Waals surface area (Å²) < 4.78 is 23.0. The first-order chi connectivity index (χ1) is 8.55. The molecule has 2 aliphatic rings. The van der Waals surface area contributed by atoms with Gasteiger partial charge in [0.15, 0.2) is 9.84 Å². The topological polar surface area (TPSA) is 66.6 Å². The fourth-order valence-electron chi connectivity index (χ4n) is 2.67. The van der Waals surface area contributed by atoms with Crippen molar-refractivity contribution in [2.24, 2.45) is 5.73 Å². The van der Waals surface area contributed by atoms with Gasteiger partial charge in [-0.15, -0.1) is 0 Å². The Morgan fingerprint density at radius 2 is 1.56 bits per heavy atom. The zero-order chi connectivity index (χ0) is 13.0. The van der Waals surface area contributed by atoms with E-state index in [1.165, 1.54) is 0 Å². The van der Waals surface area contributed by atoms with E-state index in [-0.39, 0.29) is 0 Å². The van der Waals surface area contributed by atoms with Gasteiger partial charge in [0.25, 0.3) is 0 Å². The molecule has 106 valence electrons. The molecule has 2 saturated heterocycles. The molecule has 2 heterocycles. The van der Waals surface area contributed by atoms with Crippen LogP contribution < -0.4 is 5.73 Å². The van der Waals surface area contributed by atoms with E-state index in [4.69, 9.17) is 5.73 Å². The average molecular weight is 275 g/mol. The third-order valence-electron chi connectivity index (χ3n) is 4.01. The van der Waals surface area contributed by atoms with Gasteiger partial charge in [-0.1, -0.05) is 0 Å². The maximum Gasteiger partial charge on any atom is 0.151 e. The second-order valence-corrected chi connectivity index (χ2v) is 7.83. The zero-order valence-electron chi connectivity index (χ0n) is 11.1. The van der Waals surface area contributed by atoms with Crippen molar-refractivity contribution >= 4 is 9.84 Å². The monoisotopic (exact) mass is 275 g/mol. The highest BCUT2D eigenvalue weighted by molar-refractivity contribution is 7.91. The molecule has 0 spiro atoms. The van der Waals surface area contributed by atoms with E-state index in [9.17, 15) is 8.42 Å². The zero-order valence-corrected chi connectivity index (χ0v) is 11.9. The average Bonchev–Trinajstić information content (AvgIpc) is 2.50. The molecule has 0 saturated carbocycles. The number of sulfone groups is 1. The van der Waals surface area contributed by atoms with E-state index in [2.05, 4.69) is 9.80 Å². The third-order valence-corrected chi connectivity index (χ3v) is 5.73. The fourth-order valence-corrected chi connectivity index (χ4v) is 3.98. The van der Waals surface area contributed by atoms with Gasteiger partial charge in [-0.05, 0) is 38.9 Å². The van der Waals surface area contributed by atoms with Gasteiger partial charge in [-0.2, -0.15) is 0 Å². The van der Waals surface area contributed by atoms with Crippen LogP contribution in [-0.2, 0) is 9.84 Å². The highest BCUT2D eigenvalue weighted by Crippen LogP contribution is 2.09. The van der Waals surface area contributed by atoms with Crippen molar-refractivity contribution in [3.05, 3.63) is 0 Å². The van der Waals surface area contributed by atoms with Crippen LogP contribution in [0.15, 0.2) is 0 Å². The van der Waals surface area contributed by atoms with Crippen molar-refractivity contribution in [1.29, 1.82) is 0 Å². The summed E-state index contributed by atoms with van der Waals surface area (Å²) in [5.41, 5.74) is 5.88. The first kappa shape index (κ1) is 14.2. The normalized spacial score (nSPS) is 28.1. The minimum atomic E-state index is -2.77. The lowest BCUT2D eigenvalue weighted by Gasteiger charge is -2.31. The number of nitrogens with two attached hydrogens (primary N) is 1. The first-order valence-electron chi connectivity index (χ1n) is 6.96. The third kappa shape index (κ3) is 4.50. The highest BCUT2D eigenvalue weighted by Gasteiger charge is 2.20. The molecule has 0 aromatic rings. The van der Waals surface area contributed by atoms with Crippen LogP contribution in [0.25, 0.3) is 0 Å². The maximum atomic E-state index is 11.5. The van der Waals surface area contributed by atoms with Crippen molar-refractivity contribution in [2.45, 2.75) is 25.3 Å². The number of hydrogen-bond donors (Lipinski definition) is 1. The fraction of sp³-hybridized carbons (Fsp3) is 1.00. The SMILES string of the molecule is NC1CCN(CCN2CCCS(=O)(=O)CC2)CC1. The minimum Gasteiger partial charge on any atom is -0.328 e. The highest BCUT2D eigenvalue weighted by atomic mass is 32.2. The molecule has 0 unspecified atom stereocenters. The Balaban J connectivity index is 1.70. The van der Waals surface area contributed by atoms with Crippen LogP contribution in [0.5, 0.6) is 0 Å². The van der Waals surface area contributed by atoms with Gasteiger partial charge in [0.05, 0.1) is 11.5 Å². The quantitative estimate of drug-likeness (QED) is 0.754. The first-order valence-corrected chi connectivity index (χ1v) is 8.78. The predicted octanol–water partition coefficient (Wildman–Crippen LogP) is -0.470. The van der Waals surface area contributed by atoms with E-state index in [0.717, 1.165) is 52.0 Å². The van der Waals surface area contributed by atoms with Crippen LogP contribution in [0.4, 0.5) is 0 Å². The summed E-state index contributed by atoms with van der Waals surface area (Å²) in [5.74, 6) is 0.694. The van der Waals surface area contributed by atoms with Crippen molar-refractivity contribution < 1.29 is 8.42 Å². The number of hydrogen-bond acceptors (Lipinski definition) is 5. The molecule has 0 aliphatic carbocycles. The Hall–Kier alpha value is -0.170. The van der Waals surface area contributed by atoms with Crippen LogP contribution in [0.1, 0.15) is 19.3 Å². The summed E-state index contributed by atoms with van der Waals surface area (Å²) >= 11 is 0. The number of piperidine rings is 1. The molecule has 0 aromatic heterocycles. The van der Waals surface area contributed by atoms with E-state index in [0.29, 0.717) is 24.1 Å². The second kappa shape index (κ2) is 6.32. The van der Waals surface area contributed by atoms with Crippen molar-refractivity contribution in [3.63, 3.8) is 0 Å². The Morgan fingerprint density at radius 1 is 0.944 bits per heavy atom. The smallest absolute Gasteiger partial charge is 0.151 e. The van der Waals surface area contributed by atoms with Crippen molar-refractivity contribution in [1.82, 2.24) is 9.80 Å². The summed E-state index contributed by atoms with van der Waals surface area (Å²) in [4.78, 5) is 4.74. The molecule has 0 bridgehead atoms. The van der Waals surface area contributed by atoms with Crippen LogP contribution >= 0.6 is 0 Å². The molecule has 18 heavy (non-hydrogen) atoms.